The van der Waals surface area contributed by atoms with Crippen LogP contribution in [0.2, 0.25) is 0 Å². The average molecular weight is 218 g/mol. The Balaban J connectivity index is 2.22. The molecule has 1 atom stereocenters. The summed E-state index contributed by atoms with van der Waals surface area (Å²) in [6, 6.07) is 4.09. The Morgan fingerprint density at radius 1 is 1.19 bits per heavy atom. The van der Waals surface area contributed by atoms with E-state index in [1.807, 2.05) is 32.9 Å². The fraction of sp³-hybridized carbons (Fsp3) is 0.308. The Morgan fingerprint density at radius 2 is 1.81 bits per heavy atom. The number of hydrogen-bond donors (Lipinski definition) is 0. The number of esters is 1. The van der Waals surface area contributed by atoms with Gasteiger partial charge in [0.25, 0.3) is 6.29 Å². The van der Waals surface area contributed by atoms with Crippen molar-refractivity contribution in [1.29, 1.82) is 0 Å². The molecule has 0 amide bonds. The molecule has 0 aromatic heterocycles. The lowest BCUT2D eigenvalue weighted by molar-refractivity contribution is -0.147. The molecule has 0 saturated heterocycles. The van der Waals surface area contributed by atoms with Gasteiger partial charge in [0.1, 0.15) is 5.75 Å². The Morgan fingerprint density at radius 3 is 2.31 bits per heavy atom. The van der Waals surface area contributed by atoms with Crippen molar-refractivity contribution in [3.63, 3.8) is 0 Å². The molecular formula is C13H14O3. The Hall–Kier alpha value is -1.77. The minimum atomic E-state index is -0.590. The summed E-state index contributed by atoms with van der Waals surface area (Å²) in [4.78, 5) is 10.9. The molecule has 1 aliphatic rings. The van der Waals surface area contributed by atoms with E-state index in [1.165, 1.54) is 11.6 Å². The van der Waals surface area contributed by atoms with E-state index in [-0.39, 0.29) is 5.97 Å². The molecule has 2 rings (SSSR count). The number of aryl methyl sites for hydroxylation is 3. The fourth-order valence-corrected chi connectivity index (χ4v) is 1.88. The van der Waals surface area contributed by atoms with E-state index in [1.54, 1.807) is 6.08 Å². The summed E-state index contributed by atoms with van der Waals surface area (Å²) in [7, 11) is 0. The molecule has 0 fully saturated rings. The lowest BCUT2D eigenvalue weighted by Crippen LogP contribution is -2.16. The van der Waals surface area contributed by atoms with E-state index in [9.17, 15) is 4.79 Å². The van der Waals surface area contributed by atoms with Gasteiger partial charge in [0.15, 0.2) is 0 Å². The summed E-state index contributed by atoms with van der Waals surface area (Å²) in [6.45, 7) is 6.00. The van der Waals surface area contributed by atoms with Crippen LogP contribution in [0.3, 0.4) is 0 Å². The topological polar surface area (TPSA) is 35.5 Å². The predicted molar refractivity (Wildman–Crippen MR) is 60.3 cm³/mol. The van der Waals surface area contributed by atoms with Crippen LogP contribution in [-0.4, -0.2) is 12.3 Å². The van der Waals surface area contributed by atoms with Crippen molar-refractivity contribution < 1.29 is 14.3 Å². The van der Waals surface area contributed by atoms with Crippen LogP contribution in [0.5, 0.6) is 5.75 Å². The SMILES string of the molecule is Cc1cc(C)c(OC2C=CC(=O)O2)c(C)c1. The molecular weight excluding hydrogens is 204 g/mol. The Bertz CT molecular complexity index is 437. The second-order valence-electron chi connectivity index (χ2n) is 4.01. The maximum Gasteiger partial charge on any atom is 0.334 e. The maximum absolute atomic E-state index is 10.9. The Labute approximate surface area is 94.7 Å². The highest BCUT2D eigenvalue weighted by atomic mass is 16.7. The number of carbonyl (C=O) groups excluding carboxylic acids is 1. The molecule has 0 N–H and O–H groups in total. The fourth-order valence-electron chi connectivity index (χ4n) is 1.88. The van der Waals surface area contributed by atoms with Crippen LogP contribution >= 0.6 is 0 Å². The number of hydrogen-bond acceptors (Lipinski definition) is 3. The van der Waals surface area contributed by atoms with Gasteiger partial charge in [-0.1, -0.05) is 17.7 Å². The molecule has 0 aliphatic carbocycles. The molecule has 1 aliphatic heterocycles. The third kappa shape index (κ3) is 2.08. The number of rotatable bonds is 2. The van der Waals surface area contributed by atoms with Crippen molar-refractivity contribution in [3.05, 3.63) is 41.0 Å². The largest absolute Gasteiger partial charge is 0.450 e. The molecule has 16 heavy (non-hydrogen) atoms. The first kappa shape index (κ1) is 10.7. The molecule has 0 spiro atoms. The van der Waals surface area contributed by atoms with Crippen molar-refractivity contribution in [3.8, 4) is 5.75 Å². The van der Waals surface area contributed by atoms with Gasteiger partial charge < -0.3 is 9.47 Å². The first-order valence-corrected chi connectivity index (χ1v) is 5.19. The predicted octanol–water partition coefficient (Wildman–Crippen LogP) is 2.43. The van der Waals surface area contributed by atoms with Crippen LogP contribution in [-0.2, 0) is 9.53 Å². The van der Waals surface area contributed by atoms with Gasteiger partial charge in [0.05, 0.1) is 0 Å². The van der Waals surface area contributed by atoms with Crippen LogP contribution in [0, 0.1) is 20.8 Å². The van der Waals surface area contributed by atoms with E-state index in [4.69, 9.17) is 9.47 Å². The molecule has 0 saturated carbocycles. The first-order valence-electron chi connectivity index (χ1n) is 5.19. The van der Waals surface area contributed by atoms with Crippen molar-refractivity contribution in [2.45, 2.75) is 27.1 Å². The molecule has 0 bridgehead atoms. The molecule has 1 aromatic carbocycles. The monoisotopic (exact) mass is 218 g/mol. The average Bonchev–Trinajstić information content (AvgIpc) is 2.58. The van der Waals surface area contributed by atoms with Gasteiger partial charge >= 0.3 is 5.97 Å². The second-order valence-corrected chi connectivity index (χ2v) is 4.01. The highest BCUT2D eigenvalue weighted by Crippen LogP contribution is 2.26. The molecule has 0 radical (unpaired) electrons. The highest BCUT2D eigenvalue weighted by molar-refractivity contribution is 5.84. The van der Waals surface area contributed by atoms with E-state index >= 15 is 0 Å². The molecule has 1 unspecified atom stereocenters. The summed E-state index contributed by atoms with van der Waals surface area (Å²) in [5.41, 5.74) is 3.30. The molecule has 1 heterocycles. The number of ether oxygens (including phenoxy) is 2. The van der Waals surface area contributed by atoms with Crippen LogP contribution in [0.1, 0.15) is 16.7 Å². The van der Waals surface area contributed by atoms with Crippen LogP contribution in [0.15, 0.2) is 24.3 Å². The molecule has 3 heteroatoms. The summed E-state index contributed by atoms with van der Waals surface area (Å²) in [5, 5.41) is 0. The number of carbonyl (C=O) groups is 1. The highest BCUT2D eigenvalue weighted by Gasteiger charge is 2.19. The van der Waals surface area contributed by atoms with Crippen LogP contribution in [0.4, 0.5) is 0 Å². The van der Waals surface area contributed by atoms with Crippen LogP contribution < -0.4 is 4.74 Å². The van der Waals surface area contributed by atoms with Crippen LogP contribution in [0.25, 0.3) is 0 Å². The Kier molecular flexibility index (Phi) is 2.69. The summed E-state index contributed by atoms with van der Waals surface area (Å²) in [5.74, 6) is 0.433. The van der Waals surface area contributed by atoms with Gasteiger partial charge in [0.2, 0.25) is 0 Å². The third-order valence-corrected chi connectivity index (χ3v) is 2.46. The zero-order valence-corrected chi connectivity index (χ0v) is 9.61. The molecule has 3 nitrogen and oxygen atoms in total. The quantitative estimate of drug-likeness (QED) is 0.715. The number of benzene rings is 1. The zero-order valence-electron chi connectivity index (χ0n) is 9.61. The van der Waals surface area contributed by atoms with Gasteiger partial charge in [-0.25, -0.2) is 4.79 Å². The third-order valence-electron chi connectivity index (χ3n) is 2.46. The van der Waals surface area contributed by atoms with E-state index < -0.39 is 6.29 Å². The number of cyclic esters (lactones) is 1. The molecule has 1 aromatic rings. The summed E-state index contributed by atoms with van der Waals surface area (Å²) >= 11 is 0. The van der Waals surface area contributed by atoms with E-state index in [0.717, 1.165) is 16.9 Å². The van der Waals surface area contributed by atoms with Gasteiger partial charge in [-0.2, -0.15) is 0 Å². The van der Waals surface area contributed by atoms with Crippen molar-refractivity contribution in [2.75, 3.05) is 0 Å². The van der Waals surface area contributed by atoms with E-state index in [0.29, 0.717) is 0 Å². The lowest BCUT2D eigenvalue weighted by Gasteiger charge is -2.16. The van der Waals surface area contributed by atoms with E-state index in [2.05, 4.69) is 0 Å². The summed E-state index contributed by atoms with van der Waals surface area (Å²) in [6.07, 6.45) is 2.40. The lowest BCUT2D eigenvalue weighted by atomic mass is 10.1. The normalized spacial score (nSPS) is 18.7. The van der Waals surface area contributed by atoms with Crippen molar-refractivity contribution >= 4 is 5.97 Å². The smallest absolute Gasteiger partial charge is 0.334 e. The second kappa shape index (κ2) is 4.00. The zero-order chi connectivity index (χ0) is 11.7. The first-order chi connectivity index (χ1) is 7.56. The minimum Gasteiger partial charge on any atom is -0.450 e. The summed E-state index contributed by atoms with van der Waals surface area (Å²) < 4.78 is 10.6. The van der Waals surface area contributed by atoms with Gasteiger partial charge in [-0.05, 0) is 31.9 Å². The van der Waals surface area contributed by atoms with Gasteiger partial charge in [-0.15, -0.1) is 0 Å². The van der Waals surface area contributed by atoms with Gasteiger partial charge in [-0.3, -0.25) is 0 Å². The van der Waals surface area contributed by atoms with Crippen molar-refractivity contribution in [2.24, 2.45) is 0 Å². The minimum absolute atomic E-state index is 0.354. The van der Waals surface area contributed by atoms with Crippen molar-refractivity contribution in [1.82, 2.24) is 0 Å². The molecule has 84 valence electrons. The standard InChI is InChI=1S/C13H14O3/c1-8-6-9(2)13(10(3)7-8)16-12-5-4-11(14)15-12/h4-7,12H,1-3H3. The van der Waals surface area contributed by atoms with Gasteiger partial charge in [0, 0.05) is 12.2 Å². The maximum atomic E-state index is 10.9.